The predicted molar refractivity (Wildman–Crippen MR) is 79.4 cm³/mol. The van der Waals surface area contributed by atoms with Gasteiger partial charge in [-0.05, 0) is 37.3 Å². The van der Waals surface area contributed by atoms with E-state index in [0.717, 1.165) is 37.4 Å². The molecule has 1 saturated heterocycles. The molecule has 0 bridgehead atoms. The van der Waals surface area contributed by atoms with E-state index in [9.17, 15) is 5.26 Å². The predicted octanol–water partition coefficient (Wildman–Crippen LogP) is 1.68. The summed E-state index contributed by atoms with van der Waals surface area (Å²) in [6, 6.07) is 4.33. The van der Waals surface area contributed by atoms with E-state index in [1.165, 1.54) is 18.4 Å². The number of ether oxygens (including phenoxy) is 2. The summed E-state index contributed by atoms with van der Waals surface area (Å²) in [7, 11) is 3.40. The summed E-state index contributed by atoms with van der Waals surface area (Å²) in [4.78, 5) is 6.92. The van der Waals surface area contributed by atoms with Gasteiger partial charge < -0.3 is 14.4 Å². The van der Waals surface area contributed by atoms with Crippen molar-refractivity contribution in [1.82, 2.24) is 4.98 Å². The maximum Gasteiger partial charge on any atom is 0.147 e. The van der Waals surface area contributed by atoms with Crippen molar-refractivity contribution < 1.29 is 9.47 Å². The Hall–Kier alpha value is -1.64. The fraction of sp³-hybridized carbons (Fsp3) is 0.625. The third-order valence-electron chi connectivity index (χ3n) is 4.52. The van der Waals surface area contributed by atoms with Crippen molar-refractivity contribution >= 4 is 5.82 Å². The number of aromatic nitrogens is 1. The van der Waals surface area contributed by atoms with Crippen molar-refractivity contribution in [2.24, 2.45) is 0 Å². The van der Waals surface area contributed by atoms with Crippen LogP contribution in [0.25, 0.3) is 0 Å². The lowest BCUT2D eigenvalue weighted by molar-refractivity contribution is -0.00461. The minimum absolute atomic E-state index is 0.0272. The lowest BCUT2D eigenvalue weighted by Crippen LogP contribution is -2.27. The first-order valence-electron chi connectivity index (χ1n) is 7.50. The van der Waals surface area contributed by atoms with E-state index >= 15 is 0 Å². The zero-order chi connectivity index (χ0) is 14.8. The highest BCUT2D eigenvalue weighted by atomic mass is 16.5. The molecule has 1 fully saturated rings. The van der Waals surface area contributed by atoms with Gasteiger partial charge in [-0.15, -0.1) is 0 Å². The number of nitrogens with zero attached hydrogens (tertiary/aromatic N) is 3. The highest BCUT2D eigenvalue weighted by Crippen LogP contribution is 2.29. The standard InChI is InChI=1S/C16H21N3O2/c1-20-14-9-19(10-15(14)21-2)16-12(8-17)7-11-5-3-4-6-13(11)18-16/h7,14-15H,3-6,9-10H2,1-2H3. The van der Waals surface area contributed by atoms with Crippen LogP contribution in [0.15, 0.2) is 6.07 Å². The van der Waals surface area contributed by atoms with Gasteiger partial charge in [0, 0.05) is 33.0 Å². The van der Waals surface area contributed by atoms with Gasteiger partial charge in [0.15, 0.2) is 0 Å². The summed E-state index contributed by atoms with van der Waals surface area (Å²) in [5.41, 5.74) is 3.07. The van der Waals surface area contributed by atoms with Crippen molar-refractivity contribution in [2.45, 2.75) is 37.9 Å². The van der Waals surface area contributed by atoms with Crippen molar-refractivity contribution in [3.8, 4) is 6.07 Å². The number of rotatable bonds is 3. The molecule has 0 amide bonds. The number of fused-ring (bicyclic) bond motifs is 1. The second-order valence-electron chi connectivity index (χ2n) is 5.74. The second-order valence-corrected chi connectivity index (χ2v) is 5.74. The number of hydrogen-bond donors (Lipinski definition) is 0. The molecule has 0 saturated carbocycles. The fourth-order valence-corrected chi connectivity index (χ4v) is 3.32. The van der Waals surface area contributed by atoms with Crippen molar-refractivity contribution in [3.63, 3.8) is 0 Å². The van der Waals surface area contributed by atoms with E-state index in [-0.39, 0.29) is 12.2 Å². The van der Waals surface area contributed by atoms with Crippen LogP contribution in [0, 0.1) is 11.3 Å². The lowest BCUT2D eigenvalue weighted by atomic mass is 9.95. The first kappa shape index (κ1) is 14.3. The number of pyridine rings is 1. The van der Waals surface area contributed by atoms with E-state index in [1.54, 1.807) is 14.2 Å². The highest BCUT2D eigenvalue weighted by molar-refractivity contribution is 5.57. The molecule has 0 radical (unpaired) electrons. The van der Waals surface area contributed by atoms with Crippen LogP contribution in [0.3, 0.4) is 0 Å². The van der Waals surface area contributed by atoms with Crippen LogP contribution in [0.2, 0.25) is 0 Å². The molecule has 1 aromatic rings. The summed E-state index contributed by atoms with van der Waals surface area (Å²) in [5.74, 6) is 0.791. The molecule has 112 valence electrons. The summed E-state index contributed by atoms with van der Waals surface area (Å²) < 4.78 is 11.0. The second kappa shape index (κ2) is 6.00. The smallest absolute Gasteiger partial charge is 0.147 e. The van der Waals surface area contributed by atoms with Crippen molar-refractivity contribution in [3.05, 3.63) is 22.9 Å². The van der Waals surface area contributed by atoms with Gasteiger partial charge in [0.2, 0.25) is 0 Å². The van der Waals surface area contributed by atoms with Gasteiger partial charge in [0.05, 0.1) is 5.56 Å². The lowest BCUT2D eigenvalue weighted by Gasteiger charge is -2.22. The maximum absolute atomic E-state index is 9.45. The first-order chi connectivity index (χ1) is 10.3. The highest BCUT2D eigenvalue weighted by Gasteiger charge is 2.35. The SMILES string of the molecule is COC1CN(c2nc3c(cc2C#N)CCCC3)CC1OC. The molecule has 3 rings (SSSR count). The van der Waals surface area contributed by atoms with Crippen LogP contribution in [-0.4, -0.2) is 44.5 Å². The molecule has 1 aliphatic carbocycles. The molecule has 2 atom stereocenters. The summed E-state index contributed by atoms with van der Waals surface area (Å²) in [6.07, 6.45) is 4.49. The molecule has 0 spiro atoms. The van der Waals surface area contributed by atoms with E-state index in [0.29, 0.717) is 5.56 Å². The Morgan fingerprint density at radius 3 is 2.48 bits per heavy atom. The quantitative estimate of drug-likeness (QED) is 0.846. The zero-order valence-electron chi connectivity index (χ0n) is 12.6. The van der Waals surface area contributed by atoms with E-state index in [2.05, 4.69) is 11.0 Å². The monoisotopic (exact) mass is 287 g/mol. The Morgan fingerprint density at radius 1 is 1.19 bits per heavy atom. The Kier molecular flexibility index (Phi) is 4.09. The summed E-state index contributed by atoms with van der Waals surface area (Å²) in [6.45, 7) is 1.44. The number of methoxy groups -OCH3 is 2. The Bertz CT molecular complexity index is 555. The first-order valence-corrected chi connectivity index (χ1v) is 7.50. The molecule has 2 unspecified atom stereocenters. The van der Waals surface area contributed by atoms with Crippen LogP contribution >= 0.6 is 0 Å². The zero-order valence-corrected chi connectivity index (χ0v) is 12.6. The average Bonchev–Trinajstić information content (AvgIpc) is 2.96. The normalized spacial score (nSPS) is 24.7. The minimum atomic E-state index is 0.0272. The van der Waals surface area contributed by atoms with Gasteiger partial charge >= 0.3 is 0 Å². The maximum atomic E-state index is 9.45. The van der Waals surface area contributed by atoms with Crippen LogP contribution in [-0.2, 0) is 22.3 Å². The van der Waals surface area contributed by atoms with Gasteiger partial charge in [-0.3, -0.25) is 0 Å². The third kappa shape index (κ3) is 2.61. The van der Waals surface area contributed by atoms with Gasteiger partial charge in [0.1, 0.15) is 24.1 Å². The van der Waals surface area contributed by atoms with Gasteiger partial charge in [-0.2, -0.15) is 5.26 Å². The van der Waals surface area contributed by atoms with Crippen molar-refractivity contribution in [2.75, 3.05) is 32.2 Å². The molecular weight excluding hydrogens is 266 g/mol. The molecule has 0 aromatic carbocycles. The number of aryl methyl sites for hydroxylation is 2. The molecule has 5 nitrogen and oxygen atoms in total. The fourth-order valence-electron chi connectivity index (χ4n) is 3.32. The molecule has 1 aliphatic heterocycles. The van der Waals surface area contributed by atoms with E-state index in [4.69, 9.17) is 14.5 Å². The third-order valence-corrected chi connectivity index (χ3v) is 4.52. The van der Waals surface area contributed by atoms with Crippen LogP contribution in [0.1, 0.15) is 29.7 Å². The van der Waals surface area contributed by atoms with E-state index in [1.807, 2.05) is 6.07 Å². The molecule has 5 heteroatoms. The Balaban J connectivity index is 1.93. The van der Waals surface area contributed by atoms with Crippen LogP contribution in [0.5, 0.6) is 0 Å². The molecule has 21 heavy (non-hydrogen) atoms. The number of nitriles is 1. The van der Waals surface area contributed by atoms with Crippen LogP contribution in [0.4, 0.5) is 5.82 Å². The van der Waals surface area contributed by atoms with Crippen LogP contribution < -0.4 is 4.90 Å². The Labute approximate surface area is 125 Å². The summed E-state index contributed by atoms with van der Waals surface area (Å²) >= 11 is 0. The van der Waals surface area contributed by atoms with Gasteiger partial charge in [0.25, 0.3) is 0 Å². The molecule has 2 heterocycles. The Morgan fingerprint density at radius 2 is 1.86 bits per heavy atom. The summed E-state index contributed by atoms with van der Waals surface area (Å²) in [5, 5.41) is 9.45. The van der Waals surface area contributed by atoms with E-state index < -0.39 is 0 Å². The molecule has 1 aromatic heterocycles. The topological polar surface area (TPSA) is 58.4 Å². The van der Waals surface area contributed by atoms with Gasteiger partial charge in [-0.25, -0.2) is 4.98 Å². The number of anilines is 1. The average molecular weight is 287 g/mol. The molecular formula is C16H21N3O2. The largest absolute Gasteiger partial charge is 0.377 e. The van der Waals surface area contributed by atoms with Gasteiger partial charge in [-0.1, -0.05) is 0 Å². The molecule has 0 N–H and O–H groups in total. The van der Waals surface area contributed by atoms with Crippen molar-refractivity contribution in [1.29, 1.82) is 5.26 Å². The molecule has 2 aliphatic rings. The number of hydrogen-bond acceptors (Lipinski definition) is 5. The minimum Gasteiger partial charge on any atom is -0.377 e.